The lowest BCUT2D eigenvalue weighted by Crippen LogP contribution is -2.49. The molecule has 0 bridgehead atoms. The lowest BCUT2D eigenvalue weighted by Gasteiger charge is -2.40. The van der Waals surface area contributed by atoms with Gasteiger partial charge in [-0.1, -0.05) is 48.5 Å². The number of ether oxygens (including phenoxy) is 4. The molecule has 2 aliphatic heterocycles. The lowest BCUT2D eigenvalue weighted by atomic mass is 9.82. The molecule has 1 saturated heterocycles. The molecule has 1 amide bonds. The Morgan fingerprint density at radius 3 is 2.61 bits per heavy atom. The minimum atomic E-state index is -0.0319. The number of rotatable bonds is 12. The molecule has 41 heavy (non-hydrogen) atoms. The van der Waals surface area contributed by atoms with Gasteiger partial charge in [-0.2, -0.15) is 11.8 Å². The van der Waals surface area contributed by atoms with E-state index in [0.29, 0.717) is 31.1 Å². The van der Waals surface area contributed by atoms with E-state index in [1.807, 2.05) is 42.1 Å². The third-order valence-corrected chi connectivity index (χ3v) is 9.10. The van der Waals surface area contributed by atoms with Crippen molar-refractivity contribution in [3.8, 4) is 11.5 Å². The second-order valence-corrected chi connectivity index (χ2v) is 11.5. The van der Waals surface area contributed by atoms with Crippen LogP contribution in [0.5, 0.6) is 11.5 Å². The maximum Gasteiger partial charge on any atom is 0.265 e. The maximum absolute atomic E-state index is 12.6. The molecule has 0 aliphatic carbocycles. The molecule has 3 aromatic carbocycles. The fourth-order valence-corrected chi connectivity index (χ4v) is 6.82. The summed E-state index contributed by atoms with van der Waals surface area (Å²) in [7, 11) is 3.37. The van der Waals surface area contributed by atoms with Crippen molar-refractivity contribution in [2.45, 2.75) is 42.8 Å². The Bertz CT molecular complexity index is 1270. The van der Waals surface area contributed by atoms with Gasteiger partial charge in [0.15, 0.2) is 6.61 Å². The largest absolute Gasteiger partial charge is 0.497 e. The smallest absolute Gasteiger partial charge is 0.265 e. The summed E-state index contributed by atoms with van der Waals surface area (Å²) >= 11 is 1.89. The molecule has 5 rings (SSSR count). The highest BCUT2D eigenvalue weighted by Gasteiger charge is 2.36. The number of nitrogens with zero attached hydrogens (tertiary/aromatic N) is 1. The monoisotopic (exact) mass is 576 g/mol. The first-order valence-corrected chi connectivity index (χ1v) is 15.5. The summed E-state index contributed by atoms with van der Waals surface area (Å²) in [5.74, 6) is 1.77. The summed E-state index contributed by atoms with van der Waals surface area (Å²) in [5.41, 5.74) is 4.41. The third kappa shape index (κ3) is 7.07. The van der Waals surface area contributed by atoms with Crippen LogP contribution in [-0.4, -0.2) is 64.8 Å². The third-order valence-electron chi connectivity index (χ3n) is 7.99. The maximum atomic E-state index is 12.6. The predicted octanol–water partition coefficient (Wildman–Crippen LogP) is 5.59. The van der Waals surface area contributed by atoms with Gasteiger partial charge in [0.05, 0.1) is 25.5 Å². The molecule has 0 aromatic heterocycles. The van der Waals surface area contributed by atoms with Gasteiger partial charge in [-0.3, -0.25) is 4.79 Å². The number of benzene rings is 3. The Morgan fingerprint density at radius 1 is 1.07 bits per heavy atom. The Hall–Kier alpha value is -3.04. The number of piperidine rings is 1. The van der Waals surface area contributed by atoms with E-state index in [4.69, 9.17) is 18.9 Å². The zero-order chi connectivity index (χ0) is 28.6. The minimum absolute atomic E-state index is 0.00959. The average Bonchev–Trinajstić information content (AvgIpc) is 3.02. The van der Waals surface area contributed by atoms with Gasteiger partial charge in [0, 0.05) is 44.0 Å². The van der Waals surface area contributed by atoms with Crippen molar-refractivity contribution in [3.05, 3.63) is 89.5 Å². The van der Waals surface area contributed by atoms with Crippen LogP contribution in [0.3, 0.4) is 0 Å². The van der Waals surface area contributed by atoms with Gasteiger partial charge in [-0.05, 0) is 60.1 Å². The van der Waals surface area contributed by atoms with Crippen molar-refractivity contribution in [1.82, 2.24) is 5.32 Å². The molecule has 0 saturated carbocycles. The first-order valence-electron chi connectivity index (χ1n) is 14.2. The molecule has 8 heteroatoms. The van der Waals surface area contributed by atoms with E-state index in [1.54, 1.807) is 19.1 Å². The zero-order valence-electron chi connectivity index (χ0n) is 24.1. The van der Waals surface area contributed by atoms with Crippen LogP contribution in [0, 0.1) is 0 Å². The van der Waals surface area contributed by atoms with E-state index in [1.165, 1.54) is 11.1 Å². The highest BCUT2D eigenvalue weighted by Crippen LogP contribution is 2.40. The van der Waals surface area contributed by atoms with Crippen molar-refractivity contribution >= 4 is 23.4 Å². The summed E-state index contributed by atoms with van der Waals surface area (Å²) in [6.45, 7) is 2.46. The molecule has 7 nitrogen and oxygen atoms in total. The van der Waals surface area contributed by atoms with Crippen molar-refractivity contribution in [2.24, 2.45) is 0 Å². The van der Waals surface area contributed by atoms with Gasteiger partial charge in [0.1, 0.15) is 11.5 Å². The zero-order valence-corrected chi connectivity index (χ0v) is 24.9. The normalized spacial score (nSPS) is 21.2. The molecule has 4 atom stereocenters. The van der Waals surface area contributed by atoms with E-state index in [0.717, 1.165) is 42.1 Å². The first-order chi connectivity index (χ1) is 20.1. The summed E-state index contributed by atoms with van der Waals surface area (Å²) in [6.07, 6.45) is 3.90. The van der Waals surface area contributed by atoms with Gasteiger partial charge in [-0.15, -0.1) is 0 Å². The number of nitrogens with one attached hydrogen (secondary N) is 1. The van der Waals surface area contributed by atoms with Crippen molar-refractivity contribution in [1.29, 1.82) is 0 Å². The fraction of sp³-hybridized carbons (Fsp3) is 0.424. The number of thioether (sulfide) groups is 1. The summed E-state index contributed by atoms with van der Waals surface area (Å²) in [5, 5.41) is 4.16. The number of hydrogen-bond donors (Lipinski definition) is 1. The van der Waals surface area contributed by atoms with E-state index in [-0.39, 0.29) is 24.5 Å². The van der Waals surface area contributed by atoms with E-state index >= 15 is 0 Å². The highest BCUT2D eigenvalue weighted by atomic mass is 32.2. The quantitative estimate of drug-likeness (QED) is 0.282. The Kier molecular flexibility index (Phi) is 10.2. The molecule has 1 fully saturated rings. The van der Waals surface area contributed by atoms with Crippen LogP contribution in [0.1, 0.15) is 40.7 Å². The number of amides is 1. The van der Waals surface area contributed by atoms with Gasteiger partial charge in [0.25, 0.3) is 5.91 Å². The topological polar surface area (TPSA) is 69.3 Å². The molecule has 0 spiro atoms. The SMILES string of the molecule is COCCCN1C(=O)COc2ccc(CO[C@H]3CN[C@H](C(SC)c4ccccc4)C[C@@H]3c3ccc(OC)cc3)cc21. The Balaban J connectivity index is 1.33. The first kappa shape index (κ1) is 29.5. The minimum Gasteiger partial charge on any atom is -0.497 e. The average molecular weight is 577 g/mol. The van der Waals surface area contributed by atoms with Gasteiger partial charge in [0.2, 0.25) is 0 Å². The molecular weight excluding hydrogens is 536 g/mol. The summed E-state index contributed by atoms with van der Waals surface area (Å²) in [6, 6.07) is 25.5. The Labute approximate surface area is 247 Å². The molecule has 0 radical (unpaired) electrons. The second-order valence-electron chi connectivity index (χ2n) is 10.5. The molecule has 2 heterocycles. The van der Waals surface area contributed by atoms with Crippen molar-refractivity contribution < 1.29 is 23.7 Å². The standard InChI is InChI=1S/C33H40N2O5S/c1-37-17-7-16-35-29-18-23(10-15-30(29)40-22-32(35)36)21-39-31-20-34-28(33(41-3)25-8-5-4-6-9-25)19-27(31)24-11-13-26(38-2)14-12-24/h4-6,8-15,18,27-28,31,33-34H,7,16-17,19-22H2,1-3H3/t27-,28+,31+,33?/m1/s1. The van der Waals surface area contributed by atoms with Crippen LogP contribution < -0.4 is 19.7 Å². The summed E-state index contributed by atoms with van der Waals surface area (Å²) in [4.78, 5) is 14.4. The second kappa shape index (κ2) is 14.2. The van der Waals surface area contributed by atoms with Gasteiger partial charge < -0.3 is 29.2 Å². The van der Waals surface area contributed by atoms with Crippen LogP contribution in [-0.2, 0) is 20.9 Å². The fourth-order valence-electron chi connectivity index (χ4n) is 5.85. The molecular formula is C33H40N2O5S. The predicted molar refractivity (Wildman–Crippen MR) is 164 cm³/mol. The number of fused-ring (bicyclic) bond motifs is 1. The number of carbonyl (C=O) groups excluding carboxylic acids is 1. The van der Waals surface area contributed by atoms with Crippen LogP contribution in [0.25, 0.3) is 0 Å². The Morgan fingerprint density at radius 2 is 1.88 bits per heavy atom. The van der Waals surface area contributed by atoms with E-state index < -0.39 is 0 Å². The van der Waals surface area contributed by atoms with Crippen LogP contribution >= 0.6 is 11.8 Å². The molecule has 3 aromatic rings. The van der Waals surface area contributed by atoms with Crippen molar-refractivity contribution in [3.63, 3.8) is 0 Å². The van der Waals surface area contributed by atoms with Crippen molar-refractivity contribution in [2.75, 3.05) is 51.7 Å². The van der Waals surface area contributed by atoms with Gasteiger partial charge in [-0.25, -0.2) is 0 Å². The van der Waals surface area contributed by atoms with E-state index in [9.17, 15) is 4.79 Å². The van der Waals surface area contributed by atoms with E-state index in [2.05, 4.69) is 54.0 Å². The highest BCUT2D eigenvalue weighted by molar-refractivity contribution is 7.98. The van der Waals surface area contributed by atoms with Crippen LogP contribution in [0.4, 0.5) is 5.69 Å². The number of hydrogen-bond acceptors (Lipinski definition) is 7. The summed E-state index contributed by atoms with van der Waals surface area (Å²) < 4.78 is 23.0. The molecule has 1 N–H and O–H groups in total. The molecule has 2 aliphatic rings. The van der Waals surface area contributed by atoms with Crippen LogP contribution in [0.15, 0.2) is 72.8 Å². The number of anilines is 1. The molecule has 1 unspecified atom stereocenters. The lowest BCUT2D eigenvalue weighted by molar-refractivity contribution is -0.121. The number of methoxy groups -OCH3 is 2. The van der Waals surface area contributed by atoms with Crippen LogP contribution in [0.2, 0.25) is 0 Å². The molecule has 218 valence electrons. The van der Waals surface area contributed by atoms with Gasteiger partial charge >= 0.3 is 0 Å². The number of carbonyl (C=O) groups is 1.